The number of nitrogens with zero attached hydrogens (tertiary/aromatic N) is 3. The van der Waals surface area contributed by atoms with Crippen molar-refractivity contribution < 1.29 is 14.3 Å². The van der Waals surface area contributed by atoms with E-state index < -0.39 is 5.97 Å². The Bertz CT molecular complexity index is 580. The lowest BCUT2D eigenvalue weighted by atomic mass is 9.98. The molecule has 0 bridgehead atoms. The van der Waals surface area contributed by atoms with E-state index in [1.807, 2.05) is 0 Å². The van der Waals surface area contributed by atoms with Crippen molar-refractivity contribution in [3.05, 3.63) is 10.0 Å². The van der Waals surface area contributed by atoms with Gasteiger partial charge in [0.15, 0.2) is 0 Å². The lowest BCUT2D eigenvalue weighted by molar-refractivity contribution is -0.143. The van der Waals surface area contributed by atoms with Crippen molar-refractivity contribution in [1.29, 1.82) is 0 Å². The first-order valence-corrected chi connectivity index (χ1v) is 9.45. The van der Waals surface area contributed by atoms with Crippen LogP contribution < -0.4 is 5.32 Å². The fourth-order valence-electron chi connectivity index (χ4n) is 2.89. The van der Waals surface area contributed by atoms with Crippen LogP contribution in [0, 0.1) is 0 Å². The van der Waals surface area contributed by atoms with Crippen LogP contribution in [0.4, 0.5) is 0 Å². The van der Waals surface area contributed by atoms with Crippen molar-refractivity contribution in [1.82, 2.24) is 20.4 Å². The van der Waals surface area contributed by atoms with E-state index in [1.165, 1.54) is 17.8 Å². The van der Waals surface area contributed by atoms with Crippen LogP contribution in [0.2, 0.25) is 0 Å². The molecule has 24 heavy (non-hydrogen) atoms. The Morgan fingerprint density at radius 3 is 2.38 bits per heavy atom. The molecule has 2 heterocycles. The third-order valence-corrected chi connectivity index (χ3v) is 5.67. The largest absolute Gasteiger partial charge is 0.465 e. The lowest BCUT2D eigenvalue weighted by Crippen LogP contribution is -2.42. The molecule has 1 aromatic rings. The van der Waals surface area contributed by atoms with Crippen LogP contribution in [0.15, 0.2) is 0 Å². The number of nitrogens with one attached hydrogen (secondary N) is 1. The highest BCUT2D eigenvalue weighted by Gasteiger charge is 2.30. The van der Waals surface area contributed by atoms with Gasteiger partial charge >= 0.3 is 5.97 Å². The van der Waals surface area contributed by atoms with Gasteiger partial charge in [0.25, 0.3) is 0 Å². The first kappa shape index (κ1) is 17.3. The fraction of sp³-hybridized carbons (Fsp3) is 0.750. The molecule has 0 unspecified atom stereocenters. The Hall–Kier alpha value is -1.54. The summed E-state index contributed by atoms with van der Waals surface area (Å²) in [6.07, 6.45) is 4.52. The SMILES string of the molecule is CCOC(=O)CNC(=O)CN1CCC(c2nnc(C3CC3)s2)CC1. The van der Waals surface area contributed by atoms with E-state index in [2.05, 4.69) is 20.4 Å². The molecule has 7 nitrogen and oxygen atoms in total. The number of piperidine rings is 1. The molecule has 0 spiro atoms. The van der Waals surface area contributed by atoms with Gasteiger partial charge in [-0.05, 0) is 45.7 Å². The van der Waals surface area contributed by atoms with Gasteiger partial charge in [-0.1, -0.05) is 0 Å². The second-order valence-electron chi connectivity index (χ2n) is 6.38. The molecule has 132 valence electrons. The number of amides is 1. The molecule has 1 aliphatic heterocycles. The molecule has 1 saturated heterocycles. The molecule has 2 aliphatic rings. The third kappa shape index (κ3) is 4.73. The van der Waals surface area contributed by atoms with Gasteiger partial charge < -0.3 is 10.1 Å². The number of aromatic nitrogens is 2. The standard InChI is InChI=1S/C16H24N4O3S/c1-2-23-14(22)9-17-13(21)10-20-7-5-12(6-8-20)16-19-18-15(24-16)11-3-4-11/h11-12H,2-10H2,1H3,(H,17,21). The summed E-state index contributed by atoms with van der Waals surface area (Å²) >= 11 is 1.77. The molecule has 1 aliphatic carbocycles. The normalized spacial score (nSPS) is 19.2. The summed E-state index contributed by atoms with van der Waals surface area (Å²) in [6, 6.07) is 0. The van der Waals surface area contributed by atoms with Crippen LogP contribution in [0.3, 0.4) is 0 Å². The van der Waals surface area contributed by atoms with E-state index in [4.69, 9.17) is 4.74 Å². The molecule has 1 saturated carbocycles. The summed E-state index contributed by atoms with van der Waals surface area (Å²) < 4.78 is 4.79. The lowest BCUT2D eigenvalue weighted by Gasteiger charge is -2.30. The smallest absolute Gasteiger partial charge is 0.325 e. The Balaban J connectivity index is 1.38. The van der Waals surface area contributed by atoms with Crippen molar-refractivity contribution in [2.75, 3.05) is 32.8 Å². The Morgan fingerprint density at radius 1 is 1.17 bits per heavy atom. The Labute approximate surface area is 145 Å². The monoisotopic (exact) mass is 352 g/mol. The predicted molar refractivity (Wildman–Crippen MR) is 89.9 cm³/mol. The number of carbonyl (C=O) groups excluding carboxylic acids is 2. The highest BCUT2D eigenvalue weighted by atomic mass is 32.1. The zero-order valence-corrected chi connectivity index (χ0v) is 14.8. The average molecular weight is 352 g/mol. The average Bonchev–Trinajstić information content (AvgIpc) is 3.31. The highest BCUT2D eigenvalue weighted by molar-refractivity contribution is 7.11. The fourth-order valence-corrected chi connectivity index (χ4v) is 4.07. The van der Waals surface area contributed by atoms with E-state index in [-0.39, 0.29) is 12.5 Å². The van der Waals surface area contributed by atoms with Crippen LogP contribution in [0.25, 0.3) is 0 Å². The van der Waals surface area contributed by atoms with Gasteiger partial charge in [0, 0.05) is 11.8 Å². The molecule has 1 amide bonds. The van der Waals surface area contributed by atoms with Crippen LogP contribution in [0.5, 0.6) is 0 Å². The summed E-state index contributed by atoms with van der Waals surface area (Å²) in [5, 5.41) is 13.7. The molecule has 1 N–H and O–H groups in total. The zero-order valence-electron chi connectivity index (χ0n) is 14.0. The number of carbonyl (C=O) groups is 2. The zero-order chi connectivity index (χ0) is 16.9. The van der Waals surface area contributed by atoms with E-state index in [0.717, 1.165) is 30.9 Å². The van der Waals surface area contributed by atoms with E-state index in [0.29, 0.717) is 25.0 Å². The van der Waals surface area contributed by atoms with Gasteiger partial charge in [0.05, 0.1) is 13.2 Å². The summed E-state index contributed by atoms with van der Waals surface area (Å²) in [7, 11) is 0. The maximum Gasteiger partial charge on any atom is 0.325 e. The van der Waals surface area contributed by atoms with Gasteiger partial charge in [-0.2, -0.15) is 0 Å². The molecule has 0 radical (unpaired) electrons. The number of hydrogen-bond donors (Lipinski definition) is 1. The number of ether oxygens (including phenoxy) is 1. The van der Waals surface area contributed by atoms with Crippen LogP contribution >= 0.6 is 11.3 Å². The van der Waals surface area contributed by atoms with Crippen molar-refractivity contribution in [3.8, 4) is 0 Å². The van der Waals surface area contributed by atoms with Gasteiger partial charge in [-0.3, -0.25) is 14.5 Å². The van der Waals surface area contributed by atoms with Gasteiger partial charge in [-0.25, -0.2) is 0 Å². The van der Waals surface area contributed by atoms with Crippen LogP contribution in [-0.2, 0) is 14.3 Å². The summed E-state index contributed by atoms with van der Waals surface area (Å²) in [6.45, 7) is 4.09. The van der Waals surface area contributed by atoms with Crippen LogP contribution in [-0.4, -0.2) is 59.8 Å². The van der Waals surface area contributed by atoms with Crippen molar-refractivity contribution in [3.63, 3.8) is 0 Å². The topological polar surface area (TPSA) is 84.4 Å². The van der Waals surface area contributed by atoms with Gasteiger partial charge in [0.2, 0.25) is 5.91 Å². The van der Waals surface area contributed by atoms with Crippen molar-refractivity contribution in [2.45, 2.75) is 44.4 Å². The third-order valence-electron chi connectivity index (χ3n) is 4.42. The number of likely N-dealkylation sites (tertiary alicyclic amines) is 1. The Kier molecular flexibility index (Phi) is 5.78. The predicted octanol–water partition coefficient (Wildman–Crippen LogP) is 1.27. The minimum atomic E-state index is -0.396. The highest BCUT2D eigenvalue weighted by Crippen LogP contribution is 2.42. The minimum Gasteiger partial charge on any atom is -0.465 e. The molecule has 0 atom stereocenters. The van der Waals surface area contributed by atoms with Gasteiger partial charge in [0.1, 0.15) is 16.6 Å². The molecular formula is C16H24N4O3S. The maximum atomic E-state index is 11.9. The quantitative estimate of drug-likeness (QED) is 0.744. The van der Waals surface area contributed by atoms with Crippen molar-refractivity contribution >= 4 is 23.2 Å². The van der Waals surface area contributed by atoms with E-state index >= 15 is 0 Å². The minimum absolute atomic E-state index is 0.0577. The first-order chi connectivity index (χ1) is 11.7. The van der Waals surface area contributed by atoms with E-state index in [1.54, 1.807) is 18.3 Å². The molecule has 8 heteroatoms. The number of rotatable bonds is 7. The first-order valence-electron chi connectivity index (χ1n) is 8.63. The maximum absolute atomic E-state index is 11.9. The summed E-state index contributed by atoms with van der Waals surface area (Å²) in [5.41, 5.74) is 0. The summed E-state index contributed by atoms with van der Waals surface area (Å²) in [5.74, 6) is 0.606. The number of hydrogen-bond acceptors (Lipinski definition) is 7. The summed E-state index contributed by atoms with van der Waals surface area (Å²) in [4.78, 5) is 25.2. The molecule has 1 aromatic heterocycles. The second kappa shape index (κ2) is 8.02. The Morgan fingerprint density at radius 2 is 1.79 bits per heavy atom. The molecule has 2 fully saturated rings. The van der Waals surface area contributed by atoms with Crippen molar-refractivity contribution in [2.24, 2.45) is 0 Å². The van der Waals surface area contributed by atoms with Gasteiger partial charge in [-0.15, -0.1) is 21.5 Å². The van der Waals surface area contributed by atoms with E-state index in [9.17, 15) is 9.59 Å². The molecular weight excluding hydrogens is 328 g/mol. The molecule has 0 aromatic carbocycles. The van der Waals surface area contributed by atoms with Crippen LogP contribution in [0.1, 0.15) is 54.5 Å². The number of esters is 1. The molecule has 3 rings (SSSR count). The second-order valence-corrected chi connectivity index (χ2v) is 7.43.